The Labute approximate surface area is 291 Å². The molecule has 0 aromatic heterocycles. The van der Waals surface area contributed by atoms with Crippen molar-refractivity contribution < 1.29 is 29.4 Å². The number of benzene rings is 2. The maximum Gasteiger partial charge on any atom is 0.305 e. The fraction of sp³-hybridized carbons (Fsp3) is 0.229. The summed E-state index contributed by atoms with van der Waals surface area (Å²) in [5.41, 5.74) is 4.06. The van der Waals surface area contributed by atoms with Gasteiger partial charge in [0.25, 0.3) is 11.8 Å². The van der Waals surface area contributed by atoms with Crippen molar-refractivity contribution in [1.29, 1.82) is 0 Å². The summed E-state index contributed by atoms with van der Waals surface area (Å²) in [6.45, 7) is 0.590. The number of anilines is 2. The third-order valence-corrected chi connectivity index (χ3v) is 11.2. The van der Waals surface area contributed by atoms with Crippen molar-refractivity contribution >= 4 is 76.0 Å². The van der Waals surface area contributed by atoms with E-state index in [9.17, 15) is 29.4 Å². The molecule has 0 atom stereocenters. The number of carbonyl (C=O) groups is 4. The van der Waals surface area contributed by atoms with Gasteiger partial charge in [-0.15, -0.1) is 0 Å². The van der Waals surface area contributed by atoms with Crippen molar-refractivity contribution in [2.45, 2.75) is 35.5 Å². The molecule has 10 nitrogen and oxygen atoms in total. The van der Waals surface area contributed by atoms with Gasteiger partial charge in [-0.3, -0.25) is 29.0 Å². The van der Waals surface area contributed by atoms with Crippen LogP contribution >= 0.6 is 35.7 Å². The van der Waals surface area contributed by atoms with Gasteiger partial charge in [0.15, 0.2) is 5.11 Å². The number of likely N-dealkylation sites (N-methyl/N-ethyl adjacent to an activating group) is 2. The fourth-order valence-corrected chi connectivity index (χ4v) is 8.34. The number of aliphatic carboxylic acids is 2. The minimum Gasteiger partial charge on any atom is -0.481 e. The van der Waals surface area contributed by atoms with Crippen LogP contribution in [0, 0.1) is 0 Å². The molecular weight excluding hydrogens is 669 g/mol. The molecule has 4 aliphatic rings. The zero-order chi connectivity index (χ0) is 34.1. The van der Waals surface area contributed by atoms with Gasteiger partial charge in [-0.05, 0) is 78.2 Å². The predicted octanol–water partition coefficient (Wildman–Crippen LogP) is 6.00. The highest BCUT2D eigenvalue weighted by Crippen LogP contribution is 2.48. The van der Waals surface area contributed by atoms with E-state index in [0.717, 1.165) is 42.4 Å². The molecular formula is C35H32N4O6S3. The number of hydrogen-bond donors (Lipinski definition) is 2. The maximum atomic E-state index is 13.7. The second-order valence-electron chi connectivity index (χ2n) is 11.4. The molecule has 0 unspecified atom stereocenters. The second kappa shape index (κ2) is 13.9. The van der Waals surface area contributed by atoms with Crippen LogP contribution in [0.1, 0.15) is 25.7 Å². The first-order chi connectivity index (χ1) is 23.0. The first kappa shape index (κ1) is 33.3. The number of thioether (sulfide) groups is 2. The highest BCUT2D eigenvalue weighted by molar-refractivity contribution is 8.04. The van der Waals surface area contributed by atoms with E-state index in [1.54, 1.807) is 14.1 Å². The van der Waals surface area contributed by atoms with Gasteiger partial charge in [-0.2, -0.15) is 0 Å². The molecule has 2 amide bonds. The van der Waals surface area contributed by atoms with Crippen LogP contribution in [0.4, 0.5) is 11.4 Å². The number of carboxylic acids is 2. The van der Waals surface area contributed by atoms with Crippen LogP contribution in [-0.2, 0) is 19.2 Å². The highest BCUT2D eigenvalue weighted by atomic mass is 32.2. The standard InChI is InChI=1S/C35H32N4O6S3/c1-36-33(44)32(34(45)37(2)35(36)46)31-21(13-15-27-38(19-17-29(40)41)23-7-3-5-9-25(23)47-27)11-12-22(31)14-16-28-39(20-18-30(42)43)24-8-4-6-10-26(24)48-28/h3-10,13-16H,11-12,17-20H2,1-2H3,(H,40,41)(H,42,43). The van der Waals surface area contributed by atoms with Crippen LogP contribution in [-0.4, -0.2) is 76.1 Å². The van der Waals surface area contributed by atoms with Crippen LogP contribution in [0.15, 0.2) is 115 Å². The average molecular weight is 701 g/mol. The van der Waals surface area contributed by atoms with E-state index in [0.29, 0.717) is 31.5 Å². The Balaban J connectivity index is 1.42. The van der Waals surface area contributed by atoms with Crippen LogP contribution in [0.25, 0.3) is 0 Å². The van der Waals surface area contributed by atoms with Gasteiger partial charge in [-0.25, -0.2) is 0 Å². The number of carboxylic acid groups (broad SMARTS) is 2. The molecule has 246 valence electrons. The first-order valence-electron chi connectivity index (χ1n) is 15.2. The molecule has 3 aliphatic heterocycles. The molecule has 2 aromatic rings. The molecule has 1 saturated heterocycles. The Morgan fingerprint density at radius 2 is 1.12 bits per heavy atom. The number of carbonyl (C=O) groups excluding carboxylic acids is 2. The number of rotatable bonds is 8. The minimum atomic E-state index is -0.890. The topological polar surface area (TPSA) is 122 Å². The van der Waals surface area contributed by atoms with Gasteiger partial charge in [0.2, 0.25) is 0 Å². The molecule has 2 fully saturated rings. The van der Waals surface area contributed by atoms with Gasteiger partial charge >= 0.3 is 11.9 Å². The third kappa shape index (κ3) is 6.45. The molecule has 6 rings (SSSR count). The van der Waals surface area contributed by atoms with Crippen molar-refractivity contribution in [3.05, 3.63) is 105 Å². The summed E-state index contributed by atoms with van der Waals surface area (Å²) < 4.78 is 0. The number of thiocarbonyl (C=S) groups is 1. The SMILES string of the molecule is CN1C(=O)C(=C2C(=CC=C3Sc4ccccc4N3CCC(=O)O)CCC2=CC=C2Sc3ccccc3N2CCC(=O)O)C(=O)N(C)C1=S. The summed E-state index contributed by atoms with van der Waals surface area (Å²) in [7, 11) is 3.11. The van der Waals surface area contributed by atoms with Crippen LogP contribution in [0.2, 0.25) is 0 Å². The van der Waals surface area contributed by atoms with Gasteiger partial charge in [-0.1, -0.05) is 59.9 Å². The quantitative estimate of drug-likeness (QED) is 0.192. The van der Waals surface area contributed by atoms with Crippen molar-refractivity contribution in [3.63, 3.8) is 0 Å². The molecule has 2 N–H and O–H groups in total. The van der Waals surface area contributed by atoms with E-state index < -0.39 is 23.8 Å². The van der Waals surface area contributed by atoms with Crippen molar-refractivity contribution in [1.82, 2.24) is 9.80 Å². The summed E-state index contributed by atoms with van der Waals surface area (Å²) in [4.78, 5) is 58.9. The van der Waals surface area contributed by atoms with Crippen LogP contribution in [0.5, 0.6) is 0 Å². The first-order valence-corrected chi connectivity index (χ1v) is 17.3. The van der Waals surface area contributed by atoms with Gasteiger partial charge in [0.1, 0.15) is 5.57 Å². The van der Waals surface area contributed by atoms with Crippen molar-refractivity contribution in [3.8, 4) is 0 Å². The second-order valence-corrected chi connectivity index (χ2v) is 13.9. The van der Waals surface area contributed by atoms with E-state index >= 15 is 0 Å². The molecule has 0 bridgehead atoms. The van der Waals surface area contributed by atoms with Crippen LogP contribution in [0.3, 0.4) is 0 Å². The normalized spacial score (nSPS) is 21.1. The van der Waals surface area contributed by atoms with Crippen LogP contribution < -0.4 is 9.80 Å². The molecule has 0 radical (unpaired) electrons. The lowest BCUT2D eigenvalue weighted by Gasteiger charge is -2.33. The van der Waals surface area contributed by atoms with E-state index in [-0.39, 0.29) is 23.5 Å². The molecule has 2 aromatic carbocycles. The smallest absolute Gasteiger partial charge is 0.305 e. The fourth-order valence-electron chi connectivity index (χ4n) is 5.99. The number of fused-ring (bicyclic) bond motifs is 2. The number of amides is 2. The number of para-hydroxylation sites is 2. The summed E-state index contributed by atoms with van der Waals surface area (Å²) in [6, 6.07) is 15.6. The summed E-state index contributed by atoms with van der Waals surface area (Å²) in [5, 5.41) is 20.6. The molecule has 1 aliphatic carbocycles. The largest absolute Gasteiger partial charge is 0.481 e. The number of hydrogen-bond acceptors (Lipinski definition) is 9. The maximum absolute atomic E-state index is 13.7. The number of nitrogens with zero attached hydrogens (tertiary/aromatic N) is 4. The minimum absolute atomic E-state index is 0.0351. The average Bonchev–Trinajstić information content (AvgIpc) is 3.75. The molecule has 48 heavy (non-hydrogen) atoms. The molecule has 0 spiro atoms. The Morgan fingerprint density at radius 3 is 1.54 bits per heavy atom. The lowest BCUT2D eigenvalue weighted by atomic mass is 9.95. The monoisotopic (exact) mass is 700 g/mol. The van der Waals surface area contributed by atoms with Crippen molar-refractivity contribution in [2.75, 3.05) is 37.0 Å². The Morgan fingerprint density at radius 1 is 0.708 bits per heavy atom. The lowest BCUT2D eigenvalue weighted by molar-refractivity contribution is -0.137. The summed E-state index contributed by atoms with van der Waals surface area (Å²) in [6.07, 6.45) is 8.76. The van der Waals surface area contributed by atoms with E-state index in [4.69, 9.17) is 12.2 Å². The van der Waals surface area contributed by atoms with Gasteiger partial charge < -0.3 is 20.0 Å². The zero-order valence-corrected chi connectivity index (χ0v) is 28.7. The highest BCUT2D eigenvalue weighted by Gasteiger charge is 2.40. The van der Waals surface area contributed by atoms with E-state index in [2.05, 4.69) is 0 Å². The molecule has 3 heterocycles. The Kier molecular flexibility index (Phi) is 9.63. The molecule has 1 saturated carbocycles. The van der Waals surface area contributed by atoms with E-state index in [1.165, 1.54) is 33.3 Å². The molecule has 13 heteroatoms. The van der Waals surface area contributed by atoms with Gasteiger partial charge in [0.05, 0.1) is 34.3 Å². The van der Waals surface area contributed by atoms with Crippen molar-refractivity contribution in [2.24, 2.45) is 0 Å². The third-order valence-electron chi connectivity index (χ3n) is 8.39. The van der Waals surface area contributed by atoms with Gasteiger partial charge in [0, 0.05) is 37.0 Å². The van der Waals surface area contributed by atoms with E-state index in [1.807, 2.05) is 82.6 Å². The Bertz CT molecular complexity index is 1780. The summed E-state index contributed by atoms with van der Waals surface area (Å²) >= 11 is 8.44. The summed E-state index contributed by atoms with van der Waals surface area (Å²) in [5.74, 6) is -2.74. The zero-order valence-electron chi connectivity index (χ0n) is 26.2. The predicted molar refractivity (Wildman–Crippen MR) is 191 cm³/mol. The lowest BCUT2D eigenvalue weighted by Crippen LogP contribution is -2.53. The Hall–Kier alpha value is -4.59. The number of allylic oxidation sites excluding steroid dienone is 7.